The molecule has 2 fully saturated rings. The molecule has 1 aliphatic heterocycles. The monoisotopic (exact) mass is 286 g/mol. The third-order valence-electron chi connectivity index (χ3n) is 5.42. The Morgan fingerprint density at radius 3 is 2.33 bits per heavy atom. The lowest BCUT2D eigenvalue weighted by atomic mass is 9.81. The zero-order valence-corrected chi connectivity index (χ0v) is 13.4. The summed E-state index contributed by atoms with van der Waals surface area (Å²) in [6.07, 6.45) is 9.46. The number of nitrogens with one attached hydrogen (secondary N) is 1. The van der Waals surface area contributed by atoms with Gasteiger partial charge in [-0.05, 0) is 76.6 Å². The van der Waals surface area contributed by atoms with E-state index in [9.17, 15) is 0 Å². The van der Waals surface area contributed by atoms with E-state index in [0.717, 1.165) is 18.0 Å². The summed E-state index contributed by atoms with van der Waals surface area (Å²) >= 11 is 0. The lowest BCUT2D eigenvalue weighted by Gasteiger charge is -2.32. The lowest BCUT2D eigenvalue weighted by Crippen LogP contribution is -2.40. The number of rotatable bonds is 3. The maximum Gasteiger partial charge on any atom is 0.00823 e. The molecule has 1 saturated heterocycles. The first kappa shape index (κ1) is 15.1. The van der Waals surface area contributed by atoms with Gasteiger partial charge in [-0.2, -0.15) is 0 Å². The average Bonchev–Trinajstić information content (AvgIpc) is 2.74. The van der Waals surface area contributed by atoms with E-state index in [0.29, 0.717) is 0 Å². The Kier molecular flexibility index (Phi) is 5.32. The number of hydrogen-bond donors (Lipinski definition) is 1. The Bertz CT molecular complexity index is 409. The summed E-state index contributed by atoms with van der Waals surface area (Å²) < 4.78 is 0. The number of nitrogens with zero attached hydrogens (tertiary/aromatic N) is 1. The van der Waals surface area contributed by atoms with E-state index in [1.165, 1.54) is 58.0 Å². The molecule has 2 heteroatoms. The van der Waals surface area contributed by atoms with Crippen LogP contribution in [-0.4, -0.2) is 37.1 Å². The van der Waals surface area contributed by atoms with E-state index in [-0.39, 0.29) is 0 Å². The maximum absolute atomic E-state index is 3.96. The third kappa shape index (κ3) is 4.31. The first-order chi connectivity index (χ1) is 10.3. The zero-order chi connectivity index (χ0) is 14.5. The fourth-order valence-electron chi connectivity index (χ4n) is 4.06. The van der Waals surface area contributed by atoms with Gasteiger partial charge in [-0.3, -0.25) is 0 Å². The Labute approximate surface area is 129 Å². The number of hydrogen-bond acceptors (Lipinski definition) is 2. The number of benzene rings is 1. The molecular formula is C19H30N2. The van der Waals surface area contributed by atoms with Gasteiger partial charge in [-0.15, -0.1) is 0 Å². The van der Waals surface area contributed by atoms with Gasteiger partial charge in [-0.1, -0.05) is 30.3 Å². The molecule has 1 aromatic rings. The third-order valence-corrected chi connectivity index (χ3v) is 5.42. The highest BCUT2D eigenvalue weighted by Crippen LogP contribution is 2.33. The summed E-state index contributed by atoms with van der Waals surface area (Å²) in [6.45, 7) is 2.54. The average molecular weight is 286 g/mol. The van der Waals surface area contributed by atoms with Crippen molar-refractivity contribution in [2.75, 3.05) is 20.1 Å². The molecule has 0 bridgehead atoms. The predicted octanol–water partition coefficient (Wildman–Crippen LogP) is 3.79. The van der Waals surface area contributed by atoms with Crippen molar-refractivity contribution in [3.05, 3.63) is 35.9 Å². The van der Waals surface area contributed by atoms with Crippen LogP contribution in [0.2, 0.25) is 0 Å². The molecule has 1 aromatic carbocycles. The molecule has 0 aromatic heterocycles. The second-order valence-electron chi connectivity index (χ2n) is 7.06. The highest BCUT2D eigenvalue weighted by molar-refractivity contribution is 5.20. The smallest absolute Gasteiger partial charge is 0.00823 e. The van der Waals surface area contributed by atoms with E-state index in [1.807, 2.05) is 0 Å². The van der Waals surface area contributed by atoms with Crippen molar-refractivity contribution >= 4 is 0 Å². The first-order valence-corrected chi connectivity index (χ1v) is 8.81. The predicted molar refractivity (Wildman–Crippen MR) is 89.7 cm³/mol. The van der Waals surface area contributed by atoms with Crippen molar-refractivity contribution < 1.29 is 0 Å². The molecule has 1 saturated carbocycles. The molecular weight excluding hydrogens is 256 g/mol. The summed E-state index contributed by atoms with van der Waals surface area (Å²) in [5, 5.41) is 3.96. The second kappa shape index (κ2) is 7.42. The molecule has 1 aliphatic carbocycles. The van der Waals surface area contributed by atoms with Gasteiger partial charge in [0.25, 0.3) is 0 Å². The van der Waals surface area contributed by atoms with Gasteiger partial charge >= 0.3 is 0 Å². The molecule has 1 unspecified atom stereocenters. The Morgan fingerprint density at radius 2 is 1.57 bits per heavy atom. The van der Waals surface area contributed by atoms with Crippen LogP contribution in [0.4, 0.5) is 0 Å². The SMILES string of the molecule is CN1CCCC(NC2CCC(c3ccccc3)CC2)CC1. The lowest BCUT2D eigenvalue weighted by molar-refractivity contribution is 0.296. The first-order valence-electron chi connectivity index (χ1n) is 8.81. The topological polar surface area (TPSA) is 15.3 Å². The molecule has 21 heavy (non-hydrogen) atoms. The van der Waals surface area contributed by atoms with Crippen LogP contribution >= 0.6 is 0 Å². The number of likely N-dealkylation sites (tertiary alicyclic amines) is 1. The van der Waals surface area contributed by atoms with Crippen LogP contribution in [0.25, 0.3) is 0 Å². The minimum absolute atomic E-state index is 0.758. The van der Waals surface area contributed by atoms with Crippen LogP contribution in [-0.2, 0) is 0 Å². The Morgan fingerprint density at radius 1 is 0.857 bits per heavy atom. The van der Waals surface area contributed by atoms with E-state index >= 15 is 0 Å². The van der Waals surface area contributed by atoms with Crippen molar-refractivity contribution in [2.24, 2.45) is 0 Å². The Balaban J connectivity index is 1.45. The Hall–Kier alpha value is -0.860. The van der Waals surface area contributed by atoms with Gasteiger partial charge in [0.2, 0.25) is 0 Å². The van der Waals surface area contributed by atoms with Crippen LogP contribution < -0.4 is 5.32 Å². The standard InChI is InChI=1S/C19H30N2/c1-21-14-5-8-18(13-15-21)20-19-11-9-17(10-12-19)16-6-3-2-4-7-16/h2-4,6-7,17-20H,5,8-15H2,1H3. The normalized spacial score (nSPS) is 31.8. The highest BCUT2D eigenvalue weighted by atomic mass is 15.1. The maximum atomic E-state index is 3.96. The highest BCUT2D eigenvalue weighted by Gasteiger charge is 2.24. The molecule has 1 atom stereocenters. The van der Waals surface area contributed by atoms with Crippen LogP contribution in [0.1, 0.15) is 56.4 Å². The molecule has 2 aliphatic rings. The van der Waals surface area contributed by atoms with Crippen molar-refractivity contribution in [1.82, 2.24) is 10.2 Å². The van der Waals surface area contributed by atoms with Gasteiger partial charge in [-0.25, -0.2) is 0 Å². The van der Waals surface area contributed by atoms with E-state index in [4.69, 9.17) is 0 Å². The summed E-state index contributed by atoms with van der Waals surface area (Å²) in [5.74, 6) is 0.796. The molecule has 116 valence electrons. The largest absolute Gasteiger partial charge is 0.311 e. The molecule has 0 amide bonds. The molecule has 1 N–H and O–H groups in total. The fraction of sp³-hybridized carbons (Fsp3) is 0.684. The van der Waals surface area contributed by atoms with Crippen molar-refractivity contribution in [3.63, 3.8) is 0 Å². The van der Waals surface area contributed by atoms with Gasteiger partial charge in [0.05, 0.1) is 0 Å². The fourth-order valence-corrected chi connectivity index (χ4v) is 4.06. The summed E-state index contributed by atoms with van der Waals surface area (Å²) in [6, 6.07) is 12.6. The van der Waals surface area contributed by atoms with Gasteiger partial charge in [0, 0.05) is 12.1 Å². The van der Waals surface area contributed by atoms with Crippen LogP contribution in [0.3, 0.4) is 0 Å². The minimum atomic E-state index is 0.758. The summed E-state index contributed by atoms with van der Waals surface area (Å²) in [4.78, 5) is 2.48. The van der Waals surface area contributed by atoms with Crippen molar-refractivity contribution in [3.8, 4) is 0 Å². The quantitative estimate of drug-likeness (QED) is 0.909. The molecule has 3 rings (SSSR count). The van der Waals surface area contributed by atoms with E-state index < -0.39 is 0 Å². The molecule has 0 radical (unpaired) electrons. The second-order valence-corrected chi connectivity index (χ2v) is 7.06. The van der Waals surface area contributed by atoms with Gasteiger partial charge < -0.3 is 10.2 Å². The van der Waals surface area contributed by atoms with Gasteiger partial charge in [0.15, 0.2) is 0 Å². The van der Waals surface area contributed by atoms with E-state index in [1.54, 1.807) is 5.56 Å². The summed E-state index contributed by atoms with van der Waals surface area (Å²) in [5.41, 5.74) is 1.55. The molecule has 1 heterocycles. The summed E-state index contributed by atoms with van der Waals surface area (Å²) in [7, 11) is 2.26. The molecule has 2 nitrogen and oxygen atoms in total. The van der Waals surface area contributed by atoms with Crippen LogP contribution in [0.5, 0.6) is 0 Å². The minimum Gasteiger partial charge on any atom is -0.311 e. The van der Waals surface area contributed by atoms with E-state index in [2.05, 4.69) is 47.6 Å². The van der Waals surface area contributed by atoms with Crippen LogP contribution in [0.15, 0.2) is 30.3 Å². The van der Waals surface area contributed by atoms with Crippen LogP contribution in [0, 0.1) is 0 Å². The van der Waals surface area contributed by atoms with Gasteiger partial charge in [0.1, 0.15) is 0 Å². The molecule has 0 spiro atoms. The zero-order valence-electron chi connectivity index (χ0n) is 13.4. The van der Waals surface area contributed by atoms with Crippen molar-refractivity contribution in [2.45, 2.75) is 62.9 Å². The van der Waals surface area contributed by atoms with Crippen molar-refractivity contribution in [1.29, 1.82) is 0 Å².